The molecule has 0 aliphatic rings. The average Bonchev–Trinajstić information content (AvgIpc) is 2.89. The second kappa shape index (κ2) is 5.70. The van der Waals surface area contributed by atoms with E-state index in [1.54, 1.807) is 18.3 Å². The van der Waals surface area contributed by atoms with E-state index in [9.17, 15) is 4.79 Å². The molecule has 0 spiro atoms. The molecule has 0 aliphatic carbocycles. The normalized spacial score (nSPS) is 10.8. The maximum atomic E-state index is 11.4. The molecular formula is C18H16O2S. The van der Waals surface area contributed by atoms with Crippen LogP contribution in [0, 0.1) is 6.92 Å². The van der Waals surface area contributed by atoms with Crippen LogP contribution in [0.5, 0.6) is 5.75 Å². The van der Waals surface area contributed by atoms with Gasteiger partial charge in [-0.05, 0) is 54.4 Å². The lowest BCUT2D eigenvalue weighted by molar-refractivity contribution is 0.101. The van der Waals surface area contributed by atoms with Crippen LogP contribution in [0.25, 0.3) is 10.1 Å². The van der Waals surface area contributed by atoms with Crippen molar-refractivity contribution in [2.24, 2.45) is 0 Å². The van der Waals surface area contributed by atoms with Crippen LogP contribution in [0.1, 0.15) is 28.4 Å². The van der Waals surface area contributed by atoms with Gasteiger partial charge in [-0.1, -0.05) is 18.2 Å². The number of Topliss-reactive ketones (excluding diaryl/α,β-unsaturated/α-hetero) is 1. The summed E-state index contributed by atoms with van der Waals surface area (Å²) in [5.41, 5.74) is 2.91. The van der Waals surface area contributed by atoms with Gasteiger partial charge >= 0.3 is 0 Å². The zero-order chi connectivity index (χ0) is 14.8. The first-order valence-corrected chi connectivity index (χ1v) is 7.72. The minimum absolute atomic E-state index is 0.0773. The third-order valence-corrected chi connectivity index (χ3v) is 4.54. The van der Waals surface area contributed by atoms with E-state index in [0.717, 1.165) is 16.9 Å². The van der Waals surface area contributed by atoms with Crippen molar-refractivity contribution in [2.45, 2.75) is 20.5 Å². The number of carbonyl (C=O) groups is 1. The number of ketones is 1. The lowest BCUT2D eigenvalue weighted by atomic mass is 10.1. The number of carbonyl (C=O) groups excluding carboxylic acids is 1. The molecule has 3 rings (SSSR count). The van der Waals surface area contributed by atoms with E-state index in [2.05, 4.69) is 17.5 Å². The number of thiophene rings is 1. The Labute approximate surface area is 128 Å². The van der Waals surface area contributed by atoms with Crippen molar-refractivity contribution >= 4 is 27.2 Å². The first-order chi connectivity index (χ1) is 10.1. The molecule has 106 valence electrons. The van der Waals surface area contributed by atoms with Crippen LogP contribution < -0.4 is 4.74 Å². The summed E-state index contributed by atoms with van der Waals surface area (Å²) in [6.07, 6.45) is 0. The third kappa shape index (κ3) is 2.83. The van der Waals surface area contributed by atoms with Crippen molar-refractivity contribution in [1.29, 1.82) is 0 Å². The largest absolute Gasteiger partial charge is 0.489 e. The van der Waals surface area contributed by atoms with Gasteiger partial charge in [0.1, 0.15) is 12.4 Å². The van der Waals surface area contributed by atoms with E-state index in [1.165, 1.54) is 15.6 Å². The highest BCUT2D eigenvalue weighted by molar-refractivity contribution is 7.17. The Hall–Kier alpha value is -2.13. The molecule has 0 radical (unpaired) electrons. The van der Waals surface area contributed by atoms with Crippen molar-refractivity contribution in [3.63, 3.8) is 0 Å². The Kier molecular flexibility index (Phi) is 3.76. The lowest BCUT2D eigenvalue weighted by Crippen LogP contribution is -1.98. The van der Waals surface area contributed by atoms with Crippen LogP contribution in [-0.4, -0.2) is 5.78 Å². The van der Waals surface area contributed by atoms with E-state index in [1.807, 2.05) is 37.3 Å². The number of hydrogen-bond acceptors (Lipinski definition) is 3. The Bertz CT molecular complexity index is 802. The minimum atomic E-state index is 0.0773. The standard InChI is InChI=1S/C18H16O2S/c1-12-9-14(13(2)19)7-8-17(12)20-10-15-11-21-18-6-4-3-5-16(15)18/h3-9,11H,10H2,1-2H3. The van der Waals surface area contributed by atoms with Crippen LogP contribution in [0.15, 0.2) is 47.8 Å². The van der Waals surface area contributed by atoms with Gasteiger partial charge in [0, 0.05) is 15.8 Å². The van der Waals surface area contributed by atoms with Gasteiger partial charge in [0.2, 0.25) is 0 Å². The van der Waals surface area contributed by atoms with Crippen molar-refractivity contribution in [3.05, 3.63) is 64.5 Å². The van der Waals surface area contributed by atoms with E-state index in [4.69, 9.17) is 4.74 Å². The molecule has 0 saturated heterocycles. The van der Waals surface area contributed by atoms with Crippen LogP contribution in [0.4, 0.5) is 0 Å². The number of ether oxygens (including phenoxy) is 1. The monoisotopic (exact) mass is 296 g/mol. The molecule has 21 heavy (non-hydrogen) atoms. The average molecular weight is 296 g/mol. The van der Waals surface area contributed by atoms with Gasteiger partial charge in [-0.25, -0.2) is 0 Å². The molecule has 0 saturated carbocycles. The van der Waals surface area contributed by atoms with E-state index >= 15 is 0 Å². The van der Waals surface area contributed by atoms with Gasteiger partial charge < -0.3 is 4.74 Å². The fourth-order valence-corrected chi connectivity index (χ4v) is 3.28. The molecule has 0 amide bonds. The topological polar surface area (TPSA) is 26.3 Å². The molecule has 1 heterocycles. The molecule has 3 aromatic rings. The maximum absolute atomic E-state index is 11.4. The fourth-order valence-electron chi connectivity index (χ4n) is 2.33. The van der Waals surface area contributed by atoms with E-state index < -0.39 is 0 Å². The van der Waals surface area contributed by atoms with Crippen LogP contribution in [0.2, 0.25) is 0 Å². The fraction of sp³-hybridized carbons (Fsp3) is 0.167. The Morgan fingerprint density at radius 2 is 2.00 bits per heavy atom. The van der Waals surface area contributed by atoms with Gasteiger partial charge in [-0.3, -0.25) is 4.79 Å². The first kappa shape index (κ1) is 13.8. The Morgan fingerprint density at radius 1 is 1.19 bits per heavy atom. The zero-order valence-electron chi connectivity index (χ0n) is 12.1. The summed E-state index contributed by atoms with van der Waals surface area (Å²) in [4.78, 5) is 11.4. The van der Waals surface area contributed by atoms with Crippen LogP contribution in [0.3, 0.4) is 0 Å². The highest BCUT2D eigenvalue weighted by Crippen LogP contribution is 2.27. The molecule has 3 heteroatoms. The van der Waals surface area contributed by atoms with Crippen molar-refractivity contribution < 1.29 is 9.53 Å². The van der Waals surface area contributed by atoms with E-state index in [-0.39, 0.29) is 5.78 Å². The maximum Gasteiger partial charge on any atom is 0.159 e. The van der Waals surface area contributed by atoms with Crippen molar-refractivity contribution in [3.8, 4) is 5.75 Å². The number of fused-ring (bicyclic) bond motifs is 1. The number of rotatable bonds is 4. The lowest BCUT2D eigenvalue weighted by Gasteiger charge is -2.09. The smallest absolute Gasteiger partial charge is 0.159 e. The highest BCUT2D eigenvalue weighted by atomic mass is 32.1. The summed E-state index contributed by atoms with van der Waals surface area (Å²) in [6, 6.07) is 13.9. The predicted octanol–water partition coefficient (Wildman–Crippen LogP) is 4.99. The molecular weight excluding hydrogens is 280 g/mol. The Morgan fingerprint density at radius 3 is 2.76 bits per heavy atom. The predicted molar refractivity (Wildman–Crippen MR) is 87.3 cm³/mol. The first-order valence-electron chi connectivity index (χ1n) is 6.84. The van der Waals surface area contributed by atoms with Gasteiger partial charge in [-0.15, -0.1) is 11.3 Å². The Balaban J connectivity index is 1.80. The molecule has 0 aliphatic heterocycles. The molecule has 0 bridgehead atoms. The quantitative estimate of drug-likeness (QED) is 0.634. The molecule has 1 aromatic heterocycles. The number of benzene rings is 2. The number of aryl methyl sites for hydroxylation is 1. The molecule has 2 nitrogen and oxygen atoms in total. The summed E-state index contributed by atoms with van der Waals surface area (Å²) in [6.45, 7) is 4.09. The summed E-state index contributed by atoms with van der Waals surface area (Å²) in [5.74, 6) is 0.906. The van der Waals surface area contributed by atoms with Gasteiger partial charge in [0.25, 0.3) is 0 Å². The van der Waals surface area contributed by atoms with Gasteiger partial charge in [0.15, 0.2) is 5.78 Å². The molecule has 0 fully saturated rings. The van der Waals surface area contributed by atoms with Gasteiger partial charge in [0.05, 0.1) is 0 Å². The second-order valence-corrected chi connectivity index (χ2v) is 5.99. The zero-order valence-corrected chi connectivity index (χ0v) is 12.9. The van der Waals surface area contributed by atoms with Crippen molar-refractivity contribution in [2.75, 3.05) is 0 Å². The van der Waals surface area contributed by atoms with E-state index in [0.29, 0.717) is 6.61 Å². The third-order valence-electron chi connectivity index (χ3n) is 3.53. The van der Waals surface area contributed by atoms with Crippen LogP contribution in [-0.2, 0) is 6.61 Å². The second-order valence-electron chi connectivity index (χ2n) is 5.08. The van der Waals surface area contributed by atoms with Crippen molar-refractivity contribution in [1.82, 2.24) is 0 Å². The molecule has 2 aromatic carbocycles. The minimum Gasteiger partial charge on any atom is -0.489 e. The molecule has 0 N–H and O–H groups in total. The summed E-state index contributed by atoms with van der Waals surface area (Å²) < 4.78 is 7.20. The summed E-state index contributed by atoms with van der Waals surface area (Å²) >= 11 is 1.73. The number of hydrogen-bond donors (Lipinski definition) is 0. The molecule has 0 unspecified atom stereocenters. The SMILES string of the molecule is CC(=O)c1ccc(OCc2csc3ccccc23)c(C)c1. The van der Waals surface area contributed by atoms with Crippen LogP contribution >= 0.6 is 11.3 Å². The van der Waals surface area contributed by atoms with Gasteiger partial charge in [-0.2, -0.15) is 0 Å². The summed E-state index contributed by atoms with van der Waals surface area (Å²) in [7, 11) is 0. The highest BCUT2D eigenvalue weighted by Gasteiger charge is 2.07. The summed E-state index contributed by atoms with van der Waals surface area (Å²) in [5, 5.41) is 3.39. The molecule has 0 atom stereocenters.